The zero-order valence-corrected chi connectivity index (χ0v) is 15.6. The van der Waals surface area contributed by atoms with Crippen molar-refractivity contribution in [2.75, 3.05) is 12.9 Å². The second-order valence-corrected chi connectivity index (χ2v) is 8.93. The van der Waals surface area contributed by atoms with Gasteiger partial charge in [0.25, 0.3) is 0 Å². The largest absolute Gasteiger partial charge is 0.496 e. The first-order valence-electron chi connectivity index (χ1n) is 8.13. The zero-order chi connectivity index (χ0) is 17.7. The maximum Gasteiger partial charge on any atom is 0.235 e. The van der Waals surface area contributed by atoms with E-state index in [0.717, 1.165) is 19.3 Å². The molecule has 1 saturated carbocycles. The number of hydrogen-bond acceptors (Lipinski definition) is 4. The highest BCUT2D eigenvalue weighted by atomic mass is 35.5. The van der Waals surface area contributed by atoms with Crippen molar-refractivity contribution < 1.29 is 17.9 Å². The smallest absolute Gasteiger partial charge is 0.235 e. The van der Waals surface area contributed by atoms with Crippen LogP contribution in [0.5, 0.6) is 5.75 Å². The summed E-state index contributed by atoms with van der Waals surface area (Å²) < 4.78 is 29.9. The lowest BCUT2D eigenvalue weighted by molar-refractivity contribution is -0.119. The standard InChI is InChI=1S/C17H24ClNO4S/c1-12-5-3-4-6-15(12)19-17(20)11-24(21,22)10-13-9-14(18)7-8-16(13)23-2/h7-9,12,15H,3-6,10-11H2,1-2H3,(H,19,20)/t12-,15+/m0/s1. The van der Waals surface area contributed by atoms with Gasteiger partial charge in [-0.15, -0.1) is 0 Å². The molecule has 0 aromatic heterocycles. The van der Waals surface area contributed by atoms with Gasteiger partial charge in [-0.3, -0.25) is 4.79 Å². The van der Waals surface area contributed by atoms with Crippen LogP contribution in [-0.4, -0.2) is 33.2 Å². The van der Waals surface area contributed by atoms with Crippen molar-refractivity contribution in [2.24, 2.45) is 5.92 Å². The van der Waals surface area contributed by atoms with Crippen LogP contribution >= 0.6 is 11.6 Å². The number of sulfone groups is 1. The molecule has 134 valence electrons. The van der Waals surface area contributed by atoms with Gasteiger partial charge in [0.05, 0.1) is 12.9 Å². The third kappa shape index (κ3) is 5.38. The van der Waals surface area contributed by atoms with E-state index in [9.17, 15) is 13.2 Å². The third-order valence-corrected chi connectivity index (χ3v) is 6.11. The fourth-order valence-electron chi connectivity index (χ4n) is 3.13. The molecule has 0 radical (unpaired) electrons. The number of benzene rings is 1. The second-order valence-electron chi connectivity index (χ2n) is 6.42. The summed E-state index contributed by atoms with van der Waals surface area (Å²) >= 11 is 5.92. The highest BCUT2D eigenvalue weighted by molar-refractivity contribution is 7.91. The highest BCUT2D eigenvalue weighted by Crippen LogP contribution is 2.25. The van der Waals surface area contributed by atoms with E-state index in [1.807, 2.05) is 0 Å². The molecule has 1 aromatic rings. The number of halogens is 1. The molecule has 2 atom stereocenters. The van der Waals surface area contributed by atoms with Gasteiger partial charge in [-0.05, 0) is 37.0 Å². The Morgan fingerprint density at radius 1 is 1.33 bits per heavy atom. The van der Waals surface area contributed by atoms with Gasteiger partial charge in [0, 0.05) is 16.6 Å². The molecule has 2 rings (SSSR count). The van der Waals surface area contributed by atoms with E-state index < -0.39 is 21.5 Å². The van der Waals surface area contributed by atoms with Gasteiger partial charge >= 0.3 is 0 Å². The Kier molecular flexibility index (Phi) is 6.52. The van der Waals surface area contributed by atoms with E-state index in [4.69, 9.17) is 16.3 Å². The summed E-state index contributed by atoms with van der Waals surface area (Å²) in [6.45, 7) is 2.09. The second kappa shape index (κ2) is 8.21. The Labute approximate surface area is 148 Å². The van der Waals surface area contributed by atoms with Crippen LogP contribution in [0.25, 0.3) is 0 Å². The molecule has 1 aliphatic carbocycles. The van der Waals surface area contributed by atoms with Crippen molar-refractivity contribution in [1.29, 1.82) is 0 Å². The summed E-state index contributed by atoms with van der Waals surface area (Å²) in [5.41, 5.74) is 0.462. The van der Waals surface area contributed by atoms with E-state index in [2.05, 4.69) is 12.2 Å². The van der Waals surface area contributed by atoms with Crippen LogP contribution in [0.15, 0.2) is 18.2 Å². The molecule has 1 fully saturated rings. The molecule has 7 heteroatoms. The summed E-state index contributed by atoms with van der Waals surface area (Å²) in [6.07, 6.45) is 4.22. The van der Waals surface area contributed by atoms with Crippen molar-refractivity contribution in [1.82, 2.24) is 5.32 Å². The number of carbonyl (C=O) groups excluding carboxylic acids is 1. The molecule has 0 heterocycles. The molecule has 0 spiro atoms. The minimum Gasteiger partial charge on any atom is -0.496 e. The number of hydrogen-bond donors (Lipinski definition) is 1. The van der Waals surface area contributed by atoms with Crippen molar-refractivity contribution >= 4 is 27.3 Å². The molecule has 1 amide bonds. The van der Waals surface area contributed by atoms with Gasteiger partial charge in [0.15, 0.2) is 9.84 Å². The summed E-state index contributed by atoms with van der Waals surface area (Å²) in [5, 5.41) is 3.31. The van der Waals surface area contributed by atoms with Crippen LogP contribution in [-0.2, 0) is 20.4 Å². The molecular weight excluding hydrogens is 350 g/mol. The number of ether oxygens (including phenoxy) is 1. The van der Waals surface area contributed by atoms with E-state index >= 15 is 0 Å². The van der Waals surface area contributed by atoms with Crippen LogP contribution in [0.4, 0.5) is 0 Å². The lowest BCUT2D eigenvalue weighted by Crippen LogP contribution is -2.43. The van der Waals surface area contributed by atoms with Crippen LogP contribution in [0, 0.1) is 5.92 Å². The number of amides is 1. The molecule has 5 nitrogen and oxygen atoms in total. The first kappa shape index (κ1) is 19.1. The number of methoxy groups -OCH3 is 1. The maximum absolute atomic E-state index is 12.4. The molecular formula is C17H24ClNO4S. The predicted octanol–water partition coefficient (Wildman–Crippen LogP) is 2.96. The lowest BCUT2D eigenvalue weighted by atomic mass is 9.86. The van der Waals surface area contributed by atoms with E-state index in [1.54, 1.807) is 18.2 Å². The summed E-state index contributed by atoms with van der Waals surface area (Å²) in [6, 6.07) is 4.88. The van der Waals surface area contributed by atoms with Gasteiger partial charge in [0.1, 0.15) is 11.5 Å². The molecule has 0 bridgehead atoms. The lowest BCUT2D eigenvalue weighted by Gasteiger charge is -2.29. The molecule has 1 N–H and O–H groups in total. The minimum absolute atomic E-state index is 0.0714. The molecule has 1 aromatic carbocycles. The molecule has 0 saturated heterocycles. The van der Waals surface area contributed by atoms with Gasteiger partial charge in [-0.1, -0.05) is 31.4 Å². The molecule has 0 aliphatic heterocycles. The first-order chi connectivity index (χ1) is 11.3. The molecule has 24 heavy (non-hydrogen) atoms. The van der Waals surface area contributed by atoms with E-state index in [-0.39, 0.29) is 11.8 Å². The van der Waals surface area contributed by atoms with Gasteiger partial charge < -0.3 is 10.1 Å². The Hall–Kier alpha value is -1.27. The Bertz CT molecular complexity index is 690. The normalized spacial score (nSPS) is 21.3. The summed E-state index contributed by atoms with van der Waals surface area (Å²) in [4.78, 5) is 12.1. The summed E-state index contributed by atoms with van der Waals surface area (Å²) in [5.74, 6) is -0.395. The Morgan fingerprint density at radius 2 is 2.04 bits per heavy atom. The van der Waals surface area contributed by atoms with E-state index in [1.165, 1.54) is 13.5 Å². The van der Waals surface area contributed by atoms with Gasteiger partial charge in [0.2, 0.25) is 5.91 Å². The van der Waals surface area contributed by atoms with Gasteiger partial charge in [-0.2, -0.15) is 0 Å². The quantitative estimate of drug-likeness (QED) is 0.832. The van der Waals surface area contributed by atoms with E-state index in [0.29, 0.717) is 22.3 Å². The summed E-state index contributed by atoms with van der Waals surface area (Å²) in [7, 11) is -2.13. The van der Waals surface area contributed by atoms with Crippen molar-refractivity contribution in [2.45, 2.75) is 44.4 Å². The maximum atomic E-state index is 12.4. The number of nitrogens with one attached hydrogen (secondary N) is 1. The SMILES string of the molecule is COc1ccc(Cl)cc1CS(=O)(=O)CC(=O)N[C@@H]1CCCC[C@@H]1C. The van der Waals surface area contributed by atoms with Crippen molar-refractivity contribution in [3.05, 3.63) is 28.8 Å². The van der Waals surface area contributed by atoms with Crippen molar-refractivity contribution in [3.63, 3.8) is 0 Å². The topological polar surface area (TPSA) is 72.5 Å². The average molecular weight is 374 g/mol. The average Bonchev–Trinajstić information content (AvgIpc) is 2.48. The Balaban J connectivity index is 2.00. The highest BCUT2D eigenvalue weighted by Gasteiger charge is 2.25. The van der Waals surface area contributed by atoms with Crippen LogP contribution in [0.3, 0.4) is 0 Å². The Morgan fingerprint density at radius 3 is 2.71 bits per heavy atom. The monoisotopic (exact) mass is 373 g/mol. The fraction of sp³-hybridized carbons (Fsp3) is 0.588. The number of rotatable bonds is 6. The molecule has 1 aliphatic rings. The van der Waals surface area contributed by atoms with Crippen LogP contribution in [0.2, 0.25) is 5.02 Å². The predicted molar refractivity (Wildman–Crippen MR) is 95.1 cm³/mol. The first-order valence-corrected chi connectivity index (χ1v) is 10.3. The third-order valence-electron chi connectivity index (χ3n) is 4.43. The fourth-order valence-corrected chi connectivity index (χ4v) is 4.61. The molecule has 0 unspecified atom stereocenters. The minimum atomic E-state index is -3.60. The number of carbonyl (C=O) groups is 1. The zero-order valence-electron chi connectivity index (χ0n) is 14.0. The van der Waals surface area contributed by atoms with Crippen LogP contribution < -0.4 is 10.1 Å². The van der Waals surface area contributed by atoms with Crippen molar-refractivity contribution in [3.8, 4) is 5.75 Å². The van der Waals surface area contributed by atoms with Gasteiger partial charge in [-0.25, -0.2) is 8.42 Å². The van der Waals surface area contributed by atoms with Crippen LogP contribution in [0.1, 0.15) is 38.2 Å².